The molecule has 4 heteroatoms. The Bertz CT molecular complexity index is 540. The van der Waals surface area contributed by atoms with E-state index in [-0.39, 0.29) is 11.9 Å². The van der Waals surface area contributed by atoms with Gasteiger partial charge in [0.1, 0.15) is 0 Å². The fourth-order valence-electron chi connectivity index (χ4n) is 1.74. The topological polar surface area (TPSA) is 42.0 Å². The number of rotatable bonds is 4. The lowest BCUT2D eigenvalue weighted by molar-refractivity contribution is 0.0940. The molecule has 1 atom stereocenters. The summed E-state index contributed by atoms with van der Waals surface area (Å²) in [4.78, 5) is 16.1. The lowest BCUT2D eigenvalue weighted by atomic mass is 10.1. The van der Waals surface area contributed by atoms with E-state index in [1.54, 1.807) is 12.4 Å². The van der Waals surface area contributed by atoms with Crippen molar-refractivity contribution in [3.05, 3.63) is 65.5 Å². The molecule has 0 aliphatic heterocycles. The number of nitrogens with one attached hydrogen (secondary N) is 1. The van der Waals surface area contributed by atoms with Gasteiger partial charge in [0, 0.05) is 23.3 Å². The zero-order valence-electron chi connectivity index (χ0n) is 10.6. The Morgan fingerprint density at radius 1 is 1.32 bits per heavy atom. The van der Waals surface area contributed by atoms with E-state index in [0.29, 0.717) is 5.56 Å². The maximum Gasteiger partial charge on any atom is 0.251 e. The van der Waals surface area contributed by atoms with Gasteiger partial charge in [-0.15, -0.1) is 0 Å². The monoisotopic (exact) mass is 318 g/mol. The maximum atomic E-state index is 12.1. The third-order valence-electron chi connectivity index (χ3n) is 2.90. The van der Waals surface area contributed by atoms with Crippen LogP contribution in [-0.4, -0.2) is 10.9 Å². The standard InChI is InChI=1S/C15H15BrN2O/c1-11(14-3-2-8-17-10-14)18-15(19)13-6-4-12(9-16)5-7-13/h2-8,10-11H,9H2,1H3,(H,18,19)/t11-/m1/s1. The summed E-state index contributed by atoms with van der Waals surface area (Å²) >= 11 is 3.38. The first-order valence-corrected chi connectivity index (χ1v) is 7.18. The van der Waals surface area contributed by atoms with Gasteiger partial charge in [-0.1, -0.05) is 34.1 Å². The highest BCUT2D eigenvalue weighted by molar-refractivity contribution is 9.08. The Kier molecular flexibility index (Phi) is 4.68. The molecule has 1 N–H and O–H groups in total. The molecule has 1 aromatic heterocycles. The molecule has 0 fully saturated rings. The molecular formula is C15H15BrN2O. The summed E-state index contributed by atoms with van der Waals surface area (Å²) in [6.07, 6.45) is 3.48. The SMILES string of the molecule is C[C@@H](NC(=O)c1ccc(CBr)cc1)c1cccnc1. The van der Waals surface area contributed by atoms with Crippen LogP contribution in [0.15, 0.2) is 48.8 Å². The first-order chi connectivity index (χ1) is 9.20. The van der Waals surface area contributed by atoms with Gasteiger partial charge >= 0.3 is 0 Å². The van der Waals surface area contributed by atoms with E-state index in [4.69, 9.17) is 0 Å². The molecule has 19 heavy (non-hydrogen) atoms. The van der Waals surface area contributed by atoms with Gasteiger partial charge in [0.2, 0.25) is 0 Å². The van der Waals surface area contributed by atoms with E-state index in [9.17, 15) is 4.79 Å². The van der Waals surface area contributed by atoms with Gasteiger partial charge in [-0.05, 0) is 36.2 Å². The van der Waals surface area contributed by atoms with Crippen LogP contribution in [0.2, 0.25) is 0 Å². The van der Waals surface area contributed by atoms with Gasteiger partial charge in [0.05, 0.1) is 6.04 Å². The van der Waals surface area contributed by atoms with E-state index in [2.05, 4.69) is 26.2 Å². The van der Waals surface area contributed by atoms with Crippen LogP contribution < -0.4 is 5.32 Å². The third-order valence-corrected chi connectivity index (χ3v) is 3.55. The number of pyridine rings is 1. The zero-order valence-corrected chi connectivity index (χ0v) is 12.2. The first kappa shape index (κ1) is 13.7. The molecule has 0 bridgehead atoms. The molecule has 0 radical (unpaired) electrons. The summed E-state index contributed by atoms with van der Waals surface area (Å²) < 4.78 is 0. The largest absolute Gasteiger partial charge is 0.345 e. The van der Waals surface area contributed by atoms with Gasteiger partial charge < -0.3 is 5.32 Å². The summed E-state index contributed by atoms with van der Waals surface area (Å²) in [6.45, 7) is 1.95. The van der Waals surface area contributed by atoms with Crippen LogP contribution in [0.5, 0.6) is 0 Å². The van der Waals surface area contributed by atoms with Crippen LogP contribution in [0, 0.1) is 0 Å². The average Bonchev–Trinajstić information content (AvgIpc) is 2.48. The second kappa shape index (κ2) is 6.48. The molecule has 0 aliphatic rings. The van der Waals surface area contributed by atoms with E-state index in [0.717, 1.165) is 16.5 Å². The van der Waals surface area contributed by atoms with Gasteiger partial charge in [0.15, 0.2) is 0 Å². The minimum absolute atomic E-state index is 0.0583. The van der Waals surface area contributed by atoms with Crippen molar-refractivity contribution in [2.24, 2.45) is 0 Å². The van der Waals surface area contributed by atoms with Crippen molar-refractivity contribution >= 4 is 21.8 Å². The molecule has 0 saturated carbocycles. The van der Waals surface area contributed by atoms with Gasteiger partial charge in [0.25, 0.3) is 5.91 Å². The number of hydrogen-bond acceptors (Lipinski definition) is 2. The summed E-state index contributed by atoms with van der Waals surface area (Å²) in [6, 6.07) is 11.3. The Hall–Kier alpha value is -1.68. The van der Waals surface area contributed by atoms with E-state index in [1.807, 2.05) is 43.3 Å². The van der Waals surface area contributed by atoms with Crippen molar-refractivity contribution in [1.29, 1.82) is 0 Å². The van der Waals surface area contributed by atoms with Crippen LogP contribution in [0.4, 0.5) is 0 Å². The number of halogens is 1. The van der Waals surface area contributed by atoms with Gasteiger partial charge in [-0.2, -0.15) is 0 Å². The first-order valence-electron chi connectivity index (χ1n) is 6.06. The third kappa shape index (κ3) is 3.64. The predicted molar refractivity (Wildman–Crippen MR) is 79.2 cm³/mol. The number of carbonyl (C=O) groups excluding carboxylic acids is 1. The second-order valence-corrected chi connectivity index (χ2v) is 4.87. The number of alkyl halides is 1. The predicted octanol–water partition coefficient (Wildman–Crippen LogP) is 3.47. The normalized spacial score (nSPS) is 11.9. The summed E-state index contributed by atoms with van der Waals surface area (Å²) in [5.41, 5.74) is 2.81. The minimum Gasteiger partial charge on any atom is -0.345 e. The van der Waals surface area contributed by atoms with Crippen LogP contribution in [0.25, 0.3) is 0 Å². The van der Waals surface area contributed by atoms with Crippen LogP contribution in [-0.2, 0) is 5.33 Å². The highest BCUT2D eigenvalue weighted by atomic mass is 79.9. The Labute approximate surface area is 121 Å². The molecule has 0 aliphatic carbocycles. The van der Waals surface area contributed by atoms with Crippen molar-refractivity contribution in [2.45, 2.75) is 18.3 Å². The number of aromatic nitrogens is 1. The van der Waals surface area contributed by atoms with Crippen molar-refractivity contribution < 1.29 is 4.79 Å². The molecule has 2 rings (SSSR count). The number of nitrogens with zero attached hydrogens (tertiary/aromatic N) is 1. The number of hydrogen-bond donors (Lipinski definition) is 1. The molecule has 2 aromatic rings. The maximum absolute atomic E-state index is 12.1. The molecular weight excluding hydrogens is 304 g/mol. The fraction of sp³-hybridized carbons (Fsp3) is 0.200. The lowest BCUT2D eigenvalue weighted by Crippen LogP contribution is -2.26. The lowest BCUT2D eigenvalue weighted by Gasteiger charge is -2.14. The zero-order chi connectivity index (χ0) is 13.7. The molecule has 1 amide bonds. The summed E-state index contributed by atoms with van der Waals surface area (Å²) in [7, 11) is 0. The number of carbonyl (C=O) groups is 1. The second-order valence-electron chi connectivity index (χ2n) is 4.31. The summed E-state index contributed by atoms with van der Waals surface area (Å²) in [5, 5.41) is 3.75. The highest BCUT2D eigenvalue weighted by Crippen LogP contribution is 2.12. The van der Waals surface area contributed by atoms with E-state index < -0.39 is 0 Å². The van der Waals surface area contributed by atoms with Gasteiger partial charge in [-0.3, -0.25) is 9.78 Å². The van der Waals surface area contributed by atoms with Crippen molar-refractivity contribution in [2.75, 3.05) is 0 Å². The van der Waals surface area contributed by atoms with Crippen molar-refractivity contribution in [1.82, 2.24) is 10.3 Å². The average molecular weight is 319 g/mol. The molecule has 0 spiro atoms. The quantitative estimate of drug-likeness (QED) is 0.877. The Morgan fingerprint density at radius 2 is 2.05 bits per heavy atom. The minimum atomic E-state index is -0.0718. The van der Waals surface area contributed by atoms with Gasteiger partial charge in [-0.25, -0.2) is 0 Å². The molecule has 0 unspecified atom stereocenters. The molecule has 1 aromatic carbocycles. The Morgan fingerprint density at radius 3 is 2.63 bits per heavy atom. The molecule has 3 nitrogen and oxygen atoms in total. The van der Waals surface area contributed by atoms with Crippen LogP contribution >= 0.6 is 15.9 Å². The molecule has 98 valence electrons. The van der Waals surface area contributed by atoms with Crippen molar-refractivity contribution in [3.8, 4) is 0 Å². The number of amides is 1. The van der Waals surface area contributed by atoms with Crippen molar-refractivity contribution in [3.63, 3.8) is 0 Å². The van der Waals surface area contributed by atoms with E-state index >= 15 is 0 Å². The number of benzene rings is 1. The Balaban J connectivity index is 2.04. The smallest absolute Gasteiger partial charge is 0.251 e. The van der Waals surface area contributed by atoms with Crippen LogP contribution in [0.1, 0.15) is 34.5 Å². The fourth-order valence-corrected chi connectivity index (χ4v) is 2.11. The highest BCUT2D eigenvalue weighted by Gasteiger charge is 2.11. The molecule has 1 heterocycles. The van der Waals surface area contributed by atoms with E-state index in [1.165, 1.54) is 0 Å². The summed E-state index contributed by atoms with van der Waals surface area (Å²) in [5.74, 6) is -0.0718. The van der Waals surface area contributed by atoms with Crippen LogP contribution in [0.3, 0.4) is 0 Å². The molecule has 0 saturated heterocycles.